The van der Waals surface area contributed by atoms with E-state index in [0.717, 1.165) is 18.6 Å². The Hall–Kier alpha value is -1.80. The van der Waals surface area contributed by atoms with Gasteiger partial charge in [0.15, 0.2) is 6.29 Å². The molecule has 0 N–H and O–H groups in total. The first-order valence-electron chi connectivity index (χ1n) is 9.52. The van der Waals surface area contributed by atoms with Gasteiger partial charge in [0.25, 0.3) is 0 Å². The molecule has 2 aromatic rings. The SMILES string of the molecule is CCC1OCc2ccc(CC(C)(C)C3Cc4ccccc4C3)cc2O1. The maximum absolute atomic E-state index is 5.99. The minimum Gasteiger partial charge on any atom is -0.465 e. The van der Waals surface area contributed by atoms with E-state index in [1.165, 1.54) is 35.1 Å². The van der Waals surface area contributed by atoms with Crippen LogP contribution >= 0.6 is 0 Å². The predicted octanol–water partition coefficient (Wildman–Crippen LogP) is 5.32. The molecule has 2 heteroatoms. The van der Waals surface area contributed by atoms with Gasteiger partial charge in [-0.25, -0.2) is 0 Å². The van der Waals surface area contributed by atoms with E-state index in [4.69, 9.17) is 9.47 Å². The Kier molecular flexibility index (Phi) is 4.33. The molecule has 2 aliphatic rings. The molecular formula is C23H28O2. The zero-order valence-corrected chi connectivity index (χ0v) is 15.5. The normalized spacial score (nSPS) is 20.0. The van der Waals surface area contributed by atoms with E-state index in [1.807, 2.05) is 0 Å². The van der Waals surface area contributed by atoms with E-state index in [-0.39, 0.29) is 11.7 Å². The lowest BCUT2D eigenvalue weighted by Gasteiger charge is -2.32. The Morgan fingerprint density at radius 1 is 1.00 bits per heavy atom. The van der Waals surface area contributed by atoms with Crippen LogP contribution in [0.25, 0.3) is 0 Å². The summed E-state index contributed by atoms with van der Waals surface area (Å²) in [6.07, 6.45) is 4.28. The molecule has 1 aliphatic heterocycles. The smallest absolute Gasteiger partial charge is 0.199 e. The van der Waals surface area contributed by atoms with Gasteiger partial charge in [0.2, 0.25) is 0 Å². The number of fused-ring (bicyclic) bond motifs is 2. The fraction of sp³-hybridized carbons (Fsp3) is 0.478. The summed E-state index contributed by atoms with van der Waals surface area (Å²) in [6, 6.07) is 15.6. The summed E-state index contributed by atoms with van der Waals surface area (Å²) in [5, 5.41) is 0. The molecular weight excluding hydrogens is 308 g/mol. The summed E-state index contributed by atoms with van der Waals surface area (Å²) in [5.41, 5.74) is 5.88. The van der Waals surface area contributed by atoms with E-state index in [1.54, 1.807) is 0 Å². The van der Waals surface area contributed by atoms with E-state index >= 15 is 0 Å². The lowest BCUT2D eigenvalue weighted by molar-refractivity contribution is -0.108. The predicted molar refractivity (Wildman–Crippen MR) is 101 cm³/mol. The van der Waals surface area contributed by atoms with Gasteiger partial charge < -0.3 is 9.47 Å². The minimum absolute atomic E-state index is 0.0971. The average molecular weight is 336 g/mol. The molecule has 1 heterocycles. The maximum Gasteiger partial charge on any atom is 0.199 e. The van der Waals surface area contributed by atoms with Crippen LogP contribution in [0.15, 0.2) is 42.5 Å². The zero-order valence-electron chi connectivity index (χ0n) is 15.5. The minimum atomic E-state index is -0.0971. The highest BCUT2D eigenvalue weighted by molar-refractivity contribution is 5.39. The molecule has 0 spiro atoms. The standard InChI is InChI=1S/C23H28O2/c1-4-22-24-15-19-10-9-16(11-21(19)25-22)14-23(2,3)20-12-17-7-5-6-8-18(17)13-20/h5-11,20,22H,4,12-15H2,1-3H3. The molecule has 0 bridgehead atoms. The van der Waals surface area contributed by atoms with Crippen molar-refractivity contribution in [3.05, 3.63) is 64.7 Å². The third-order valence-electron chi connectivity index (χ3n) is 5.96. The Bertz CT molecular complexity index is 737. The van der Waals surface area contributed by atoms with Crippen LogP contribution in [0.2, 0.25) is 0 Å². The van der Waals surface area contributed by atoms with E-state index in [0.29, 0.717) is 12.5 Å². The van der Waals surface area contributed by atoms with Gasteiger partial charge in [-0.05, 0) is 53.4 Å². The van der Waals surface area contributed by atoms with Gasteiger partial charge in [-0.3, -0.25) is 0 Å². The van der Waals surface area contributed by atoms with E-state index in [9.17, 15) is 0 Å². The second-order valence-corrected chi connectivity index (χ2v) is 8.25. The van der Waals surface area contributed by atoms with Crippen molar-refractivity contribution >= 4 is 0 Å². The van der Waals surface area contributed by atoms with Crippen molar-refractivity contribution in [2.24, 2.45) is 11.3 Å². The molecule has 132 valence electrons. The Balaban J connectivity index is 1.50. The molecule has 1 atom stereocenters. The van der Waals surface area contributed by atoms with Gasteiger partial charge in [-0.2, -0.15) is 0 Å². The largest absolute Gasteiger partial charge is 0.465 e. The van der Waals surface area contributed by atoms with Gasteiger partial charge in [-0.1, -0.05) is 57.2 Å². The van der Waals surface area contributed by atoms with Crippen LogP contribution in [0, 0.1) is 11.3 Å². The van der Waals surface area contributed by atoms with Crippen LogP contribution in [-0.2, 0) is 30.6 Å². The van der Waals surface area contributed by atoms with Crippen molar-refractivity contribution in [3.8, 4) is 5.75 Å². The highest BCUT2D eigenvalue weighted by Gasteiger charge is 2.34. The fourth-order valence-corrected chi connectivity index (χ4v) is 4.28. The van der Waals surface area contributed by atoms with Crippen molar-refractivity contribution in [2.45, 2.75) is 59.4 Å². The number of benzene rings is 2. The Labute approximate surface area is 151 Å². The molecule has 0 fully saturated rings. The summed E-state index contributed by atoms with van der Waals surface area (Å²) < 4.78 is 11.7. The highest BCUT2D eigenvalue weighted by Crippen LogP contribution is 2.41. The molecule has 25 heavy (non-hydrogen) atoms. The van der Waals surface area contributed by atoms with E-state index < -0.39 is 0 Å². The maximum atomic E-state index is 5.99. The molecule has 4 rings (SSSR count). The summed E-state index contributed by atoms with van der Waals surface area (Å²) in [5.74, 6) is 1.72. The van der Waals surface area contributed by atoms with Crippen molar-refractivity contribution in [1.29, 1.82) is 0 Å². The van der Waals surface area contributed by atoms with E-state index in [2.05, 4.69) is 63.2 Å². The second kappa shape index (κ2) is 6.49. The summed E-state index contributed by atoms with van der Waals surface area (Å²) in [7, 11) is 0. The van der Waals surface area contributed by atoms with Crippen molar-refractivity contribution in [1.82, 2.24) is 0 Å². The zero-order chi connectivity index (χ0) is 17.4. The molecule has 0 amide bonds. The topological polar surface area (TPSA) is 18.5 Å². The first-order chi connectivity index (χ1) is 12.0. The lowest BCUT2D eigenvalue weighted by atomic mass is 9.73. The average Bonchev–Trinajstić information content (AvgIpc) is 3.06. The lowest BCUT2D eigenvalue weighted by Crippen LogP contribution is -2.28. The first kappa shape index (κ1) is 16.7. The van der Waals surface area contributed by atoms with Crippen molar-refractivity contribution < 1.29 is 9.47 Å². The number of ether oxygens (including phenoxy) is 2. The number of hydrogen-bond acceptors (Lipinski definition) is 2. The van der Waals surface area contributed by atoms with Crippen molar-refractivity contribution in [2.75, 3.05) is 0 Å². The molecule has 1 unspecified atom stereocenters. The van der Waals surface area contributed by atoms with Crippen LogP contribution in [0.3, 0.4) is 0 Å². The fourth-order valence-electron chi connectivity index (χ4n) is 4.28. The summed E-state index contributed by atoms with van der Waals surface area (Å²) in [4.78, 5) is 0. The number of rotatable bonds is 4. The Morgan fingerprint density at radius 3 is 2.40 bits per heavy atom. The van der Waals surface area contributed by atoms with Crippen LogP contribution < -0.4 is 4.74 Å². The van der Waals surface area contributed by atoms with Gasteiger partial charge in [0, 0.05) is 12.0 Å². The Morgan fingerprint density at radius 2 is 1.72 bits per heavy atom. The third-order valence-corrected chi connectivity index (χ3v) is 5.96. The molecule has 2 nitrogen and oxygen atoms in total. The molecule has 1 aliphatic carbocycles. The number of hydrogen-bond donors (Lipinski definition) is 0. The molecule has 0 saturated carbocycles. The van der Waals surface area contributed by atoms with Gasteiger partial charge in [0.1, 0.15) is 5.75 Å². The van der Waals surface area contributed by atoms with Crippen LogP contribution in [0.5, 0.6) is 5.75 Å². The van der Waals surface area contributed by atoms with Gasteiger partial charge >= 0.3 is 0 Å². The third kappa shape index (κ3) is 3.32. The van der Waals surface area contributed by atoms with Crippen LogP contribution in [0.4, 0.5) is 0 Å². The van der Waals surface area contributed by atoms with Crippen LogP contribution in [0.1, 0.15) is 49.4 Å². The summed E-state index contributed by atoms with van der Waals surface area (Å²) >= 11 is 0. The molecule has 0 radical (unpaired) electrons. The monoisotopic (exact) mass is 336 g/mol. The van der Waals surface area contributed by atoms with Gasteiger partial charge in [-0.15, -0.1) is 0 Å². The van der Waals surface area contributed by atoms with Crippen LogP contribution in [-0.4, -0.2) is 6.29 Å². The quantitative estimate of drug-likeness (QED) is 0.753. The molecule has 2 aromatic carbocycles. The highest BCUT2D eigenvalue weighted by atomic mass is 16.7. The van der Waals surface area contributed by atoms with Gasteiger partial charge in [0.05, 0.1) is 6.61 Å². The summed E-state index contributed by atoms with van der Waals surface area (Å²) in [6.45, 7) is 7.60. The molecule has 0 saturated heterocycles. The van der Waals surface area contributed by atoms with Crippen molar-refractivity contribution in [3.63, 3.8) is 0 Å². The first-order valence-corrected chi connectivity index (χ1v) is 9.52. The second-order valence-electron chi connectivity index (χ2n) is 8.25. The molecule has 0 aromatic heterocycles.